The van der Waals surface area contributed by atoms with Gasteiger partial charge in [-0.05, 0) is 38.7 Å². The number of aromatic nitrogens is 2. The van der Waals surface area contributed by atoms with Crippen molar-refractivity contribution < 1.29 is 5.11 Å². The molecule has 2 rings (SSSR count). The van der Waals surface area contributed by atoms with Crippen molar-refractivity contribution in [2.75, 3.05) is 0 Å². The van der Waals surface area contributed by atoms with Gasteiger partial charge in [-0.15, -0.1) is 0 Å². The minimum Gasteiger partial charge on any atom is -0.389 e. The Bertz CT molecular complexity index is 351. The predicted molar refractivity (Wildman–Crippen MR) is 59.7 cm³/mol. The molecular formula is C12H20N2O. The van der Waals surface area contributed by atoms with Crippen molar-refractivity contribution in [1.82, 2.24) is 9.78 Å². The first kappa shape index (κ1) is 10.7. The first-order valence-corrected chi connectivity index (χ1v) is 5.78. The van der Waals surface area contributed by atoms with Crippen LogP contribution in [0.25, 0.3) is 0 Å². The summed E-state index contributed by atoms with van der Waals surface area (Å²) >= 11 is 0. The highest BCUT2D eigenvalue weighted by molar-refractivity contribution is 5.13. The van der Waals surface area contributed by atoms with Crippen molar-refractivity contribution >= 4 is 0 Å². The van der Waals surface area contributed by atoms with Gasteiger partial charge in [0.25, 0.3) is 0 Å². The smallest absolute Gasteiger partial charge is 0.0708 e. The molecule has 1 N–H and O–H groups in total. The molecule has 3 heteroatoms. The van der Waals surface area contributed by atoms with Gasteiger partial charge in [0.2, 0.25) is 0 Å². The van der Waals surface area contributed by atoms with E-state index in [0.717, 1.165) is 31.5 Å². The quantitative estimate of drug-likeness (QED) is 0.824. The van der Waals surface area contributed by atoms with Gasteiger partial charge >= 0.3 is 0 Å². The van der Waals surface area contributed by atoms with Gasteiger partial charge in [0.15, 0.2) is 0 Å². The van der Waals surface area contributed by atoms with Crippen molar-refractivity contribution in [2.45, 2.75) is 52.2 Å². The summed E-state index contributed by atoms with van der Waals surface area (Å²) in [6.45, 7) is 7.16. The van der Waals surface area contributed by atoms with Crippen molar-refractivity contribution in [2.24, 2.45) is 5.92 Å². The Morgan fingerprint density at radius 3 is 2.80 bits per heavy atom. The molecule has 0 radical (unpaired) electrons. The van der Waals surface area contributed by atoms with E-state index in [1.807, 2.05) is 11.6 Å². The fourth-order valence-electron chi connectivity index (χ4n) is 2.73. The Balaban J connectivity index is 2.10. The molecule has 15 heavy (non-hydrogen) atoms. The lowest BCUT2D eigenvalue weighted by Crippen LogP contribution is -2.44. The molecule has 1 fully saturated rings. The molecule has 1 aromatic rings. The second-order valence-electron chi connectivity index (χ2n) is 5.01. The highest BCUT2D eigenvalue weighted by Gasteiger charge is 2.40. The summed E-state index contributed by atoms with van der Waals surface area (Å²) in [6, 6.07) is 2.09. The molecular weight excluding hydrogens is 188 g/mol. The summed E-state index contributed by atoms with van der Waals surface area (Å²) in [7, 11) is 0. The minimum absolute atomic E-state index is 0.460. The van der Waals surface area contributed by atoms with E-state index in [1.165, 1.54) is 5.69 Å². The zero-order valence-corrected chi connectivity index (χ0v) is 9.82. The monoisotopic (exact) mass is 208 g/mol. The molecule has 1 heterocycles. The fourth-order valence-corrected chi connectivity index (χ4v) is 2.73. The second-order valence-corrected chi connectivity index (χ2v) is 5.01. The van der Waals surface area contributed by atoms with Gasteiger partial charge in [-0.2, -0.15) is 5.10 Å². The maximum atomic E-state index is 10.2. The van der Waals surface area contributed by atoms with E-state index in [4.69, 9.17) is 0 Å². The first-order chi connectivity index (χ1) is 7.02. The Hall–Kier alpha value is -0.830. The van der Waals surface area contributed by atoms with E-state index in [2.05, 4.69) is 25.0 Å². The van der Waals surface area contributed by atoms with Crippen LogP contribution in [0.15, 0.2) is 6.07 Å². The number of nitrogens with zero attached hydrogens (tertiary/aromatic N) is 2. The van der Waals surface area contributed by atoms with Crippen molar-refractivity contribution in [1.29, 1.82) is 0 Å². The van der Waals surface area contributed by atoms with Crippen LogP contribution in [0.1, 0.15) is 38.1 Å². The van der Waals surface area contributed by atoms with E-state index in [0.29, 0.717) is 5.92 Å². The van der Waals surface area contributed by atoms with Gasteiger partial charge in [0.1, 0.15) is 0 Å². The average Bonchev–Trinajstić information content (AvgIpc) is 2.43. The topological polar surface area (TPSA) is 38.0 Å². The molecule has 1 aliphatic rings. The van der Waals surface area contributed by atoms with Gasteiger partial charge in [0, 0.05) is 18.7 Å². The zero-order valence-electron chi connectivity index (χ0n) is 9.82. The third-order valence-corrected chi connectivity index (χ3v) is 3.25. The first-order valence-electron chi connectivity index (χ1n) is 5.78. The van der Waals surface area contributed by atoms with Crippen LogP contribution in [0.5, 0.6) is 0 Å². The minimum atomic E-state index is -0.460. The normalized spacial score (nSPS) is 30.3. The largest absolute Gasteiger partial charge is 0.389 e. The molecule has 3 nitrogen and oxygen atoms in total. The maximum Gasteiger partial charge on any atom is 0.0708 e. The Morgan fingerprint density at radius 2 is 2.27 bits per heavy atom. The van der Waals surface area contributed by atoms with Crippen LogP contribution in [0, 0.1) is 12.8 Å². The van der Waals surface area contributed by atoms with E-state index >= 15 is 0 Å². The molecule has 1 aromatic heterocycles. The fraction of sp³-hybridized carbons (Fsp3) is 0.750. The molecule has 84 valence electrons. The highest BCUT2D eigenvalue weighted by atomic mass is 16.3. The standard InChI is InChI=1S/C12H20N2O/c1-4-14-11(5-10(3)13-14)8-12(15)6-9(2)7-12/h5,9,15H,4,6-8H2,1-3H3. The van der Waals surface area contributed by atoms with Crippen molar-refractivity contribution in [3.8, 4) is 0 Å². The Labute approximate surface area is 91.1 Å². The molecule has 0 atom stereocenters. The van der Waals surface area contributed by atoms with Crippen LogP contribution in [-0.4, -0.2) is 20.5 Å². The van der Waals surface area contributed by atoms with Crippen molar-refractivity contribution in [3.05, 3.63) is 17.5 Å². The van der Waals surface area contributed by atoms with Crippen LogP contribution in [-0.2, 0) is 13.0 Å². The molecule has 0 bridgehead atoms. The van der Waals surface area contributed by atoms with E-state index in [-0.39, 0.29) is 0 Å². The molecule has 0 aliphatic heterocycles. The molecule has 1 saturated carbocycles. The number of hydrogen-bond acceptors (Lipinski definition) is 2. The Kier molecular flexibility index (Phi) is 2.59. The average molecular weight is 208 g/mol. The zero-order chi connectivity index (χ0) is 11.1. The van der Waals surface area contributed by atoms with E-state index < -0.39 is 5.60 Å². The number of aryl methyl sites for hydroxylation is 2. The van der Waals surface area contributed by atoms with Crippen LogP contribution >= 0.6 is 0 Å². The summed E-state index contributed by atoms with van der Waals surface area (Å²) in [6.07, 6.45) is 2.62. The summed E-state index contributed by atoms with van der Waals surface area (Å²) in [5.41, 5.74) is 1.76. The van der Waals surface area contributed by atoms with Crippen molar-refractivity contribution in [3.63, 3.8) is 0 Å². The number of hydrogen-bond donors (Lipinski definition) is 1. The van der Waals surface area contributed by atoms with E-state index in [9.17, 15) is 5.11 Å². The third kappa shape index (κ3) is 2.07. The molecule has 0 amide bonds. The van der Waals surface area contributed by atoms with Crippen LogP contribution in [0.2, 0.25) is 0 Å². The molecule has 1 aliphatic carbocycles. The van der Waals surface area contributed by atoms with E-state index in [1.54, 1.807) is 0 Å². The second kappa shape index (κ2) is 3.63. The summed E-state index contributed by atoms with van der Waals surface area (Å²) in [5.74, 6) is 0.675. The number of rotatable bonds is 3. The lowest BCUT2D eigenvalue weighted by Gasteiger charge is -2.42. The predicted octanol–water partition coefficient (Wildman–Crippen LogP) is 1.91. The van der Waals surface area contributed by atoms with Gasteiger partial charge in [0.05, 0.1) is 11.3 Å². The molecule has 0 saturated heterocycles. The summed E-state index contributed by atoms with van der Waals surface area (Å²) < 4.78 is 2.00. The van der Waals surface area contributed by atoms with Crippen LogP contribution < -0.4 is 0 Å². The van der Waals surface area contributed by atoms with Gasteiger partial charge < -0.3 is 5.11 Å². The SMILES string of the molecule is CCn1nc(C)cc1CC1(O)CC(C)C1. The van der Waals surface area contributed by atoms with Crippen LogP contribution in [0.3, 0.4) is 0 Å². The maximum absolute atomic E-state index is 10.2. The van der Waals surface area contributed by atoms with Gasteiger partial charge in [-0.3, -0.25) is 4.68 Å². The summed E-state index contributed by atoms with van der Waals surface area (Å²) in [4.78, 5) is 0. The molecule has 0 unspecified atom stereocenters. The Morgan fingerprint density at radius 1 is 1.60 bits per heavy atom. The van der Waals surface area contributed by atoms with Gasteiger partial charge in [-0.1, -0.05) is 6.92 Å². The number of aliphatic hydroxyl groups is 1. The van der Waals surface area contributed by atoms with Crippen LogP contribution in [0.4, 0.5) is 0 Å². The summed E-state index contributed by atoms with van der Waals surface area (Å²) in [5, 5.41) is 14.6. The van der Waals surface area contributed by atoms with Gasteiger partial charge in [-0.25, -0.2) is 0 Å². The third-order valence-electron chi connectivity index (χ3n) is 3.25. The molecule has 0 aromatic carbocycles. The lowest BCUT2D eigenvalue weighted by molar-refractivity contribution is -0.0678. The lowest BCUT2D eigenvalue weighted by atomic mass is 9.70. The molecule has 0 spiro atoms. The highest BCUT2D eigenvalue weighted by Crippen LogP contribution is 2.39.